The summed E-state index contributed by atoms with van der Waals surface area (Å²) in [6.45, 7) is 38.4. The minimum absolute atomic E-state index is 0.0977. The Bertz CT molecular complexity index is 2660. The van der Waals surface area contributed by atoms with Gasteiger partial charge in [-0.3, -0.25) is 0 Å². The molecule has 2 unspecified atom stereocenters. The van der Waals surface area contributed by atoms with Crippen LogP contribution in [-0.2, 0) is 42.6 Å². The van der Waals surface area contributed by atoms with Crippen molar-refractivity contribution in [2.45, 2.75) is 177 Å². The Kier molecular flexibility index (Phi) is 15.2. The molecule has 0 saturated heterocycles. The van der Waals surface area contributed by atoms with Crippen LogP contribution in [0.3, 0.4) is 0 Å². The van der Waals surface area contributed by atoms with Crippen molar-refractivity contribution < 1.29 is 20.9 Å². The molecule has 0 N–H and O–H groups in total. The van der Waals surface area contributed by atoms with Crippen molar-refractivity contribution in [3.05, 3.63) is 177 Å². The van der Waals surface area contributed by atoms with Crippen LogP contribution >= 0.6 is 0 Å². The maximum atomic E-state index is 2.78. The van der Waals surface area contributed by atoms with Gasteiger partial charge in [0, 0.05) is 0 Å². The van der Waals surface area contributed by atoms with E-state index in [-0.39, 0.29) is 21.7 Å². The molecule has 0 heterocycles. The molecule has 2 aliphatic rings. The third-order valence-corrected chi connectivity index (χ3v) is 37.4. The van der Waals surface area contributed by atoms with E-state index in [9.17, 15) is 0 Å². The average Bonchev–Trinajstić information content (AvgIpc) is 3.87. The summed E-state index contributed by atoms with van der Waals surface area (Å²) >= 11 is -2.68. The molecule has 365 valence electrons. The second kappa shape index (κ2) is 20.4. The molecule has 0 aliphatic heterocycles. The first-order valence-electron chi connectivity index (χ1n) is 27.1. The molecule has 6 aromatic carbocycles. The van der Waals surface area contributed by atoms with Gasteiger partial charge in [0.2, 0.25) is 0 Å². The molecular weight excluding hydrogens is 936 g/mol. The first-order valence-corrected chi connectivity index (χ1v) is 37.0. The molecule has 0 amide bonds. The molecule has 0 nitrogen and oxygen atoms in total. The summed E-state index contributed by atoms with van der Waals surface area (Å²) in [5, 5.41) is 0. The summed E-state index contributed by atoms with van der Waals surface area (Å²) in [5.41, 5.74) is 27.0. The molecule has 0 fully saturated rings. The van der Waals surface area contributed by atoms with Crippen LogP contribution in [0.2, 0.25) is 13.1 Å². The van der Waals surface area contributed by atoms with Crippen molar-refractivity contribution in [1.29, 1.82) is 0 Å². The van der Waals surface area contributed by atoms with E-state index in [2.05, 4.69) is 244 Å². The molecule has 8 rings (SSSR count). The van der Waals surface area contributed by atoms with Crippen molar-refractivity contribution in [3.63, 3.8) is 0 Å². The summed E-state index contributed by atoms with van der Waals surface area (Å²) in [4.78, 5) is 0. The van der Waals surface area contributed by atoms with E-state index >= 15 is 0 Å². The van der Waals surface area contributed by atoms with Crippen molar-refractivity contribution in [2.24, 2.45) is 0 Å². The van der Waals surface area contributed by atoms with Crippen molar-refractivity contribution in [3.8, 4) is 44.5 Å². The van der Waals surface area contributed by atoms with Crippen LogP contribution in [0.1, 0.15) is 187 Å². The van der Waals surface area contributed by atoms with Gasteiger partial charge in [0.25, 0.3) is 0 Å². The topological polar surface area (TPSA) is 0 Å². The van der Waals surface area contributed by atoms with E-state index in [0.29, 0.717) is 7.25 Å². The average molecular weight is 1020 g/mol. The van der Waals surface area contributed by atoms with E-state index in [0.717, 1.165) is 0 Å². The molecule has 2 aliphatic carbocycles. The molecule has 0 radical (unpaired) electrons. The zero-order valence-electron chi connectivity index (χ0n) is 46.2. The zero-order chi connectivity index (χ0) is 50.5. The monoisotopic (exact) mass is 1020 g/mol. The van der Waals surface area contributed by atoms with Gasteiger partial charge >= 0.3 is 438 Å². The Balaban J connectivity index is 1.41. The Labute approximate surface area is 434 Å². The van der Waals surface area contributed by atoms with Gasteiger partial charge in [-0.1, -0.05) is 0 Å². The first kappa shape index (κ1) is 52.2. The molecule has 0 saturated carbocycles. The number of hydrogen-bond acceptors (Lipinski definition) is 0. The molecule has 2 heteroatoms. The molecular formula is C68H85SiZr. The number of allylic oxidation sites excluding steroid dienone is 2. The summed E-state index contributed by atoms with van der Waals surface area (Å²) in [6.07, 6.45) is 12.8. The fourth-order valence-corrected chi connectivity index (χ4v) is 34.4. The summed E-state index contributed by atoms with van der Waals surface area (Å²) < 4.78 is 1.02. The van der Waals surface area contributed by atoms with Crippen molar-refractivity contribution in [2.75, 3.05) is 0 Å². The van der Waals surface area contributed by atoms with E-state index in [1.165, 1.54) is 116 Å². The SMILES string of the molecule is CCCCC1=Cc2c(-c3ccc(C(C)(C)C)cc3)ccc(-c3ccc(C(C)(C)C)cc3)c2[CH]1[Zr]([CH]1C(CCCC)=Cc2c(-c3ccc(C(C)(C)C)cc3)ccc(-c3ccc(C(C)(C)C)cc3)c21)[SiH](C)C. The Morgan fingerprint density at radius 1 is 0.371 bits per heavy atom. The number of hydrogen-bond donors (Lipinski definition) is 0. The first-order chi connectivity index (χ1) is 33.0. The van der Waals surface area contributed by atoms with Crippen LogP contribution in [0, 0.1) is 0 Å². The number of unbranched alkanes of at least 4 members (excludes halogenated alkanes) is 2. The van der Waals surface area contributed by atoms with E-state index in [4.69, 9.17) is 0 Å². The normalized spacial score (nSPS) is 16.1. The standard InChI is InChI=1S/2C33H39.C2H7Si.Zr/c2*1-8-9-10-23-21-30-28(24-11-15-26(16-12-24)32(2,3)4)19-20-29(31(30)22-23)25-13-17-27(18-14-25)33(5,6)7;1-3-2;/h2*11-22H,8-10H2,1-7H3;3H,1-2H3;. The summed E-state index contributed by atoms with van der Waals surface area (Å²) in [7, 11) is 0. The third kappa shape index (κ3) is 10.7. The van der Waals surface area contributed by atoms with E-state index in [1.807, 2.05) is 0 Å². The summed E-state index contributed by atoms with van der Waals surface area (Å²) in [5.74, 6) is -1.26. The Morgan fingerprint density at radius 3 is 0.871 bits per heavy atom. The fourth-order valence-electron chi connectivity index (χ4n) is 11.5. The van der Waals surface area contributed by atoms with Crippen LogP contribution in [-0.4, -0.2) is 5.92 Å². The van der Waals surface area contributed by atoms with Crippen LogP contribution in [0.5, 0.6) is 0 Å². The van der Waals surface area contributed by atoms with Gasteiger partial charge in [-0.05, 0) is 0 Å². The molecule has 6 aromatic rings. The quantitative estimate of drug-likeness (QED) is 0.101. The maximum absolute atomic E-state index is 2.78. The van der Waals surface area contributed by atoms with Crippen molar-refractivity contribution >= 4 is 18.1 Å². The van der Waals surface area contributed by atoms with Crippen molar-refractivity contribution in [1.82, 2.24) is 0 Å². The predicted octanol–water partition coefficient (Wildman–Crippen LogP) is 20.1. The molecule has 0 bridgehead atoms. The second-order valence-electron chi connectivity index (χ2n) is 25.5. The van der Waals surface area contributed by atoms with E-state index < -0.39 is 26.8 Å². The molecule has 2 atom stereocenters. The minimum atomic E-state index is -2.68. The number of rotatable bonds is 13. The van der Waals surface area contributed by atoms with Gasteiger partial charge in [0.15, 0.2) is 0 Å². The second-order valence-corrected chi connectivity index (χ2v) is 45.5. The Morgan fingerprint density at radius 2 is 0.629 bits per heavy atom. The Hall–Kier alpha value is -4.10. The molecule has 70 heavy (non-hydrogen) atoms. The van der Waals surface area contributed by atoms with Gasteiger partial charge in [-0.15, -0.1) is 0 Å². The number of benzene rings is 6. The van der Waals surface area contributed by atoms with Gasteiger partial charge in [0.1, 0.15) is 0 Å². The molecule has 0 aromatic heterocycles. The number of fused-ring (bicyclic) bond motifs is 2. The molecule has 0 spiro atoms. The van der Waals surface area contributed by atoms with E-state index in [1.54, 1.807) is 22.3 Å². The van der Waals surface area contributed by atoms with Crippen LogP contribution < -0.4 is 0 Å². The van der Waals surface area contributed by atoms with Gasteiger partial charge in [0.05, 0.1) is 0 Å². The van der Waals surface area contributed by atoms with Crippen LogP contribution in [0.4, 0.5) is 0 Å². The van der Waals surface area contributed by atoms with Gasteiger partial charge in [-0.25, -0.2) is 0 Å². The third-order valence-electron chi connectivity index (χ3n) is 15.8. The van der Waals surface area contributed by atoms with Gasteiger partial charge < -0.3 is 0 Å². The predicted molar refractivity (Wildman–Crippen MR) is 309 cm³/mol. The van der Waals surface area contributed by atoms with Gasteiger partial charge in [-0.2, -0.15) is 0 Å². The fraction of sp³-hybridized carbons (Fsp3) is 0.412. The summed E-state index contributed by atoms with van der Waals surface area (Å²) in [6, 6.07) is 48.8. The van der Waals surface area contributed by atoms with Crippen LogP contribution in [0.15, 0.2) is 132 Å². The zero-order valence-corrected chi connectivity index (χ0v) is 49.8. The van der Waals surface area contributed by atoms with Crippen LogP contribution in [0.25, 0.3) is 56.7 Å².